The summed E-state index contributed by atoms with van der Waals surface area (Å²) in [5.74, 6) is 0.137. The van der Waals surface area contributed by atoms with Gasteiger partial charge in [-0.2, -0.15) is 5.10 Å². The molecule has 92 valence electrons. The molecular weight excluding hydrogens is 232 g/mol. The molecule has 0 atom stereocenters. The standard InChI is InChI=1S/C11H12N6O/c12-11(18)10-7-5-13-3-1-8(7)17(16-10)9-2-4-14-6-15-9/h2,4,6,13H,1,3,5H2,(H2,12,18). The Labute approximate surface area is 103 Å². The van der Waals surface area contributed by atoms with Crippen LogP contribution in [0.3, 0.4) is 0 Å². The molecule has 2 aromatic rings. The van der Waals surface area contributed by atoms with Crippen LogP contribution in [-0.4, -0.2) is 32.2 Å². The molecule has 7 nitrogen and oxygen atoms in total. The van der Waals surface area contributed by atoms with Crippen LogP contribution in [0.25, 0.3) is 5.82 Å². The van der Waals surface area contributed by atoms with Crippen LogP contribution < -0.4 is 11.1 Å². The third-order valence-electron chi connectivity index (χ3n) is 2.95. The first kappa shape index (κ1) is 10.8. The van der Waals surface area contributed by atoms with Crippen LogP contribution in [0.5, 0.6) is 0 Å². The Bertz CT molecular complexity index is 591. The zero-order valence-electron chi connectivity index (χ0n) is 9.63. The van der Waals surface area contributed by atoms with Crippen LogP contribution in [0.2, 0.25) is 0 Å². The highest BCUT2D eigenvalue weighted by molar-refractivity contribution is 5.92. The van der Waals surface area contributed by atoms with E-state index in [1.54, 1.807) is 16.9 Å². The third kappa shape index (κ3) is 1.65. The van der Waals surface area contributed by atoms with Crippen molar-refractivity contribution in [2.45, 2.75) is 13.0 Å². The van der Waals surface area contributed by atoms with Gasteiger partial charge in [0.1, 0.15) is 6.33 Å². The fourth-order valence-corrected chi connectivity index (χ4v) is 2.14. The molecule has 3 N–H and O–H groups in total. The maximum absolute atomic E-state index is 11.4. The molecule has 0 bridgehead atoms. The second kappa shape index (κ2) is 4.19. The van der Waals surface area contributed by atoms with E-state index < -0.39 is 5.91 Å². The van der Waals surface area contributed by atoms with Crippen molar-refractivity contribution < 1.29 is 4.79 Å². The normalized spacial score (nSPS) is 14.2. The van der Waals surface area contributed by atoms with Crippen LogP contribution >= 0.6 is 0 Å². The van der Waals surface area contributed by atoms with Gasteiger partial charge in [0.2, 0.25) is 0 Å². The molecule has 3 heterocycles. The van der Waals surface area contributed by atoms with E-state index >= 15 is 0 Å². The minimum absolute atomic E-state index is 0.316. The van der Waals surface area contributed by atoms with Gasteiger partial charge in [-0.1, -0.05) is 0 Å². The molecule has 1 aliphatic heterocycles. The average Bonchev–Trinajstić information content (AvgIpc) is 2.79. The van der Waals surface area contributed by atoms with Crippen molar-refractivity contribution in [3.8, 4) is 5.82 Å². The highest BCUT2D eigenvalue weighted by Crippen LogP contribution is 2.20. The Hall–Kier alpha value is -2.28. The van der Waals surface area contributed by atoms with Crippen molar-refractivity contribution in [1.29, 1.82) is 0 Å². The van der Waals surface area contributed by atoms with Crippen molar-refractivity contribution in [2.24, 2.45) is 5.73 Å². The molecule has 0 unspecified atom stereocenters. The predicted octanol–water partition coefficient (Wildman–Crippen LogP) is -0.593. The number of nitrogens with two attached hydrogens (primary N) is 1. The lowest BCUT2D eigenvalue weighted by Gasteiger charge is -2.14. The number of nitrogens with zero attached hydrogens (tertiary/aromatic N) is 4. The molecule has 0 aliphatic carbocycles. The zero-order valence-corrected chi connectivity index (χ0v) is 9.63. The predicted molar refractivity (Wildman–Crippen MR) is 63.1 cm³/mol. The highest BCUT2D eigenvalue weighted by Gasteiger charge is 2.24. The topological polar surface area (TPSA) is 98.7 Å². The third-order valence-corrected chi connectivity index (χ3v) is 2.95. The minimum Gasteiger partial charge on any atom is -0.364 e. The Morgan fingerprint density at radius 3 is 3.11 bits per heavy atom. The molecule has 2 aromatic heterocycles. The molecule has 3 rings (SSSR count). The maximum Gasteiger partial charge on any atom is 0.269 e. The largest absolute Gasteiger partial charge is 0.364 e. The number of fused-ring (bicyclic) bond motifs is 1. The van der Waals surface area contributed by atoms with Crippen molar-refractivity contribution in [3.05, 3.63) is 35.5 Å². The summed E-state index contributed by atoms with van der Waals surface area (Å²) in [6, 6.07) is 1.75. The summed E-state index contributed by atoms with van der Waals surface area (Å²) in [6.07, 6.45) is 3.88. The van der Waals surface area contributed by atoms with Crippen molar-refractivity contribution in [2.75, 3.05) is 6.54 Å². The number of aromatic nitrogens is 4. The number of rotatable bonds is 2. The molecule has 0 saturated carbocycles. The molecule has 0 radical (unpaired) electrons. The fourth-order valence-electron chi connectivity index (χ4n) is 2.14. The summed E-state index contributed by atoms with van der Waals surface area (Å²) >= 11 is 0. The van der Waals surface area contributed by atoms with Crippen LogP contribution in [0.15, 0.2) is 18.6 Å². The Morgan fingerprint density at radius 2 is 2.39 bits per heavy atom. The van der Waals surface area contributed by atoms with Gasteiger partial charge >= 0.3 is 0 Å². The molecule has 1 aliphatic rings. The quantitative estimate of drug-likeness (QED) is 0.735. The highest BCUT2D eigenvalue weighted by atomic mass is 16.1. The first-order chi connectivity index (χ1) is 8.77. The van der Waals surface area contributed by atoms with Gasteiger partial charge < -0.3 is 11.1 Å². The molecule has 7 heteroatoms. The van der Waals surface area contributed by atoms with Crippen LogP contribution in [-0.2, 0) is 13.0 Å². The molecule has 0 fully saturated rings. The SMILES string of the molecule is NC(=O)c1nn(-c2ccncn2)c2c1CNCC2. The van der Waals surface area contributed by atoms with Gasteiger partial charge in [0.15, 0.2) is 11.5 Å². The fraction of sp³-hybridized carbons (Fsp3) is 0.273. The first-order valence-corrected chi connectivity index (χ1v) is 5.65. The summed E-state index contributed by atoms with van der Waals surface area (Å²) in [7, 11) is 0. The summed E-state index contributed by atoms with van der Waals surface area (Å²) < 4.78 is 1.68. The van der Waals surface area contributed by atoms with Crippen molar-refractivity contribution in [3.63, 3.8) is 0 Å². The second-order valence-corrected chi connectivity index (χ2v) is 4.04. The van der Waals surface area contributed by atoms with E-state index in [0.29, 0.717) is 18.1 Å². The van der Waals surface area contributed by atoms with E-state index in [-0.39, 0.29) is 0 Å². The van der Waals surface area contributed by atoms with Gasteiger partial charge in [0.05, 0.1) is 5.69 Å². The monoisotopic (exact) mass is 244 g/mol. The molecule has 18 heavy (non-hydrogen) atoms. The molecule has 0 spiro atoms. The second-order valence-electron chi connectivity index (χ2n) is 4.04. The van der Waals surface area contributed by atoms with Crippen LogP contribution in [0.1, 0.15) is 21.7 Å². The van der Waals surface area contributed by atoms with Gasteiger partial charge in [0, 0.05) is 37.3 Å². The van der Waals surface area contributed by atoms with Gasteiger partial charge in [-0.3, -0.25) is 4.79 Å². The van der Waals surface area contributed by atoms with Crippen molar-refractivity contribution in [1.82, 2.24) is 25.1 Å². The van der Waals surface area contributed by atoms with Crippen molar-refractivity contribution >= 4 is 5.91 Å². The van der Waals surface area contributed by atoms with Gasteiger partial charge in [-0.25, -0.2) is 14.6 Å². The van der Waals surface area contributed by atoms with Gasteiger partial charge in [-0.15, -0.1) is 0 Å². The van der Waals surface area contributed by atoms with E-state index in [1.165, 1.54) is 6.33 Å². The summed E-state index contributed by atoms with van der Waals surface area (Å²) in [6.45, 7) is 1.46. The summed E-state index contributed by atoms with van der Waals surface area (Å²) in [5.41, 5.74) is 7.52. The maximum atomic E-state index is 11.4. The van der Waals surface area contributed by atoms with Gasteiger partial charge in [0.25, 0.3) is 5.91 Å². The van der Waals surface area contributed by atoms with E-state index in [4.69, 9.17) is 5.73 Å². The Morgan fingerprint density at radius 1 is 1.50 bits per heavy atom. The zero-order chi connectivity index (χ0) is 12.5. The molecule has 0 saturated heterocycles. The Kier molecular flexibility index (Phi) is 2.52. The van der Waals surface area contributed by atoms with E-state index in [0.717, 1.165) is 24.2 Å². The smallest absolute Gasteiger partial charge is 0.269 e. The number of carbonyl (C=O) groups is 1. The van der Waals surface area contributed by atoms with E-state index in [2.05, 4.69) is 20.4 Å². The summed E-state index contributed by atoms with van der Waals surface area (Å²) in [4.78, 5) is 19.4. The number of carbonyl (C=O) groups excluding carboxylic acids is 1. The first-order valence-electron chi connectivity index (χ1n) is 5.65. The van der Waals surface area contributed by atoms with Gasteiger partial charge in [-0.05, 0) is 0 Å². The number of nitrogens with one attached hydrogen (secondary N) is 1. The lowest BCUT2D eigenvalue weighted by molar-refractivity contribution is 0.0994. The lowest BCUT2D eigenvalue weighted by atomic mass is 10.1. The Balaban J connectivity index is 2.18. The van der Waals surface area contributed by atoms with Crippen LogP contribution in [0, 0.1) is 0 Å². The molecule has 1 amide bonds. The number of hydrogen-bond donors (Lipinski definition) is 2. The molecular formula is C11H12N6O. The number of amides is 1. The van der Waals surface area contributed by atoms with E-state index in [9.17, 15) is 4.79 Å². The number of primary amides is 1. The molecule has 0 aromatic carbocycles. The minimum atomic E-state index is -0.511. The lowest BCUT2D eigenvalue weighted by Crippen LogP contribution is -2.26. The van der Waals surface area contributed by atoms with Crippen LogP contribution in [0.4, 0.5) is 0 Å². The van der Waals surface area contributed by atoms with E-state index in [1.807, 2.05) is 0 Å². The summed E-state index contributed by atoms with van der Waals surface area (Å²) in [5, 5.41) is 7.48. The number of hydrogen-bond acceptors (Lipinski definition) is 5. The average molecular weight is 244 g/mol.